The molecule has 1 aromatic heterocycles. The van der Waals surface area contributed by atoms with Gasteiger partial charge in [0, 0.05) is 31.7 Å². The Kier molecular flexibility index (Phi) is 2.77. The van der Waals surface area contributed by atoms with E-state index in [9.17, 15) is 4.79 Å². The number of fused-ring (bicyclic) bond motifs is 1. The maximum atomic E-state index is 11.0. The number of amides is 1. The third-order valence-electron chi connectivity index (χ3n) is 3.27. The second-order valence-electron chi connectivity index (χ2n) is 4.86. The number of hydrogen-bond acceptors (Lipinski definition) is 5. The van der Waals surface area contributed by atoms with E-state index in [1.165, 1.54) is 6.92 Å². The number of hydrogen-bond donors (Lipinski definition) is 2. The lowest BCUT2D eigenvalue weighted by molar-refractivity contribution is -0.119. The lowest BCUT2D eigenvalue weighted by Crippen LogP contribution is -2.35. The molecule has 0 aliphatic carbocycles. The molecular weight excluding hydrogens is 244 g/mol. The Hall–Kier alpha value is -2.24. The summed E-state index contributed by atoms with van der Waals surface area (Å²) >= 11 is 0. The molecule has 1 atom stereocenters. The lowest BCUT2D eigenvalue weighted by Gasteiger charge is -2.13. The van der Waals surface area contributed by atoms with Gasteiger partial charge in [0.05, 0.1) is 0 Å². The molecule has 6 nitrogen and oxygen atoms in total. The maximum absolute atomic E-state index is 11.0. The molecule has 3 N–H and O–H groups in total. The summed E-state index contributed by atoms with van der Waals surface area (Å²) in [6.07, 6.45) is 0.903. The highest BCUT2D eigenvalue weighted by Gasteiger charge is 2.26. The van der Waals surface area contributed by atoms with Crippen molar-refractivity contribution in [1.29, 1.82) is 0 Å². The minimum Gasteiger partial charge on any atom is -0.423 e. The van der Waals surface area contributed by atoms with Gasteiger partial charge in [0.1, 0.15) is 5.52 Å². The fourth-order valence-electron chi connectivity index (χ4n) is 2.41. The fourth-order valence-corrected chi connectivity index (χ4v) is 2.41. The molecule has 1 saturated heterocycles. The molecule has 0 spiro atoms. The van der Waals surface area contributed by atoms with E-state index in [4.69, 9.17) is 10.2 Å². The molecule has 1 aliphatic heterocycles. The summed E-state index contributed by atoms with van der Waals surface area (Å²) in [6, 6.07) is 6.17. The third-order valence-corrected chi connectivity index (χ3v) is 3.27. The predicted molar refractivity (Wildman–Crippen MR) is 72.9 cm³/mol. The van der Waals surface area contributed by atoms with E-state index in [1.807, 2.05) is 11.0 Å². The first kappa shape index (κ1) is 11.8. The standard InChI is InChI=1S/C13H16N4O2/c1-8(18)15-10-4-5-17(7-10)13-16-11-6-9(14)2-3-12(11)19-13/h2-3,6,10H,4-5,7,14H2,1H3,(H,15,18). The van der Waals surface area contributed by atoms with Crippen LogP contribution in [0.2, 0.25) is 0 Å². The van der Waals surface area contributed by atoms with Gasteiger partial charge in [-0.3, -0.25) is 4.79 Å². The Balaban J connectivity index is 1.79. The summed E-state index contributed by atoms with van der Waals surface area (Å²) in [6.45, 7) is 3.08. The van der Waals surface area contributed by atoms with Crippen molar-refractivity contribution in [3.63, 3.8) is 0 Å². The number of oxazole rings is 1. The van der Waals surface area contributed by atoms with E-state index in [0.29, 0.717) is 11.7 Å². The Bertz CT molecular complexity index is 622. The molecule has 6 heteroatoms. The molecule has 1 aromatic carbocycles. The minimum absolute atomic E-state index is 0.00260. The molecule has 2 heterocycles. The van der Waals surface area contributed by atoms with Gasteiger partial charge in [-0.25, -0.2) is 0 Å². The highest BCUT2D eigenvalue weighted by Crippen LogP contribution is 2.26. The molecule has 3 rings (SSSR count). The van der Waals surface area contributed by atoms with Gasteiger partial charge in [-0.15, -0.1) is 0 Å². The molecule has 1 unspecified atom stereocenters. The van der Waals surface area contributed by atoms with Gasteiger partial charge in [-0.2, -0.15) is 4.98 Å². The largest absolute Gasteiger partial charge is 0.423 e. The number of carbonyl (C=O) groups excluding carboxylic acids is 1. The minimum atomic E-state index is -0.00260. The Morgan fingerprint density at radius 3 is 3.21 bits per heavy atom. The van der Waals surface area contributed by atoms with Crippen LogP contribution >= 0.6 is 0 Å². The molecule has 2 aromatic rings. The number of aromatic nitrogens is 1. The van der Waals surface area contributed by atoms with Crippen LogP contribution in [0.5, 0.6) is 0 Å². The van der Waals surface area contributed by atoms with E-state index >= 15 is 0 Å². The number of anilines is 2. The molecule has 100 valence electrons. The van der Waals surface area contributed by atoms with Gasteiger partial charge in [0.25, 0.3) is 6.01 Å². The fraction of sp³-hybridized carbons (Fsp3) is 0.385. The molecule has 1 fully saturated rings. The summed E-state index contributed by atoms with van der Waals surface area (Å²) in [7, 11) is 0. The summed E-state index contributed by atoms with van der Waals surface area (Å²) in [4.78, 5) is 17.5. The highest BCUT2D eigenvalue weighted by molar-refractivity contribution is 5.78. The highest BCUT2D eigenvalue weighted by atomic mass is 16.4. The van der Waals surface area contributed by atoms with Crippen molar-refractivity contribution in [1.82, 2.24) is 10.3 Å². The normalized spacial score (nSPS) is 19.0. The number of nitrogens with two attached hydrogens (primary N) is 1. The lowest BCUT2D eigenvalue weighted by atomic mass is 10.3. The molecule has 0 bridgehead atoms. The average molecular weight is 260 g/mol. The number of carbonyl (C=O) groups is 1. The number of nitrogens with one attached hydrogen (secondary N) is 1. The monoisotopic (exact) mass is 260 g/mol. The van der Waals surface area contributed by atoms with Crippen molar-refractivity contribution >= 4 is 28.7 Å². The first-order valence-corrected chi connectivity index (χ1v) is 6.30. The van der Waals surface area contributed by atoms with E-state index in [-0.39, 0.29) is 11.9 Å². The SMILES string of the molecule is CC(=O)NC1CCN(c2nc3cc(N)ccc3o2)C1. The number of nitrogens with zero attached hydrogens (tertiary/aromatic N) is 2. The second-order valence-corrected chi connectivity index (χ2v) is 4.86. The zero-order valence-corrected chi connectivity index (χ0v) is 10.7. The van der Waals surface area contributed by atoms with Crippen LogP contribution in [0.15, 0.2) is 22.6 Å². The van der Waals surface area contributed by atoms with Gasteiger partial charge in [-0.1, -0.05) is 0 Å². The summed E-state index contributed by atoms with van der Waals surface area (Å²) in [5, 5.41) is 2.91. The van der Waals surface area contributed by atoms with Crippen molar-refractivity contribution in [3.8, 4) is 0 Å². The van der Waals surface area contributed by atoms with Crippen LogP contribution in [-0.2, 0) is 4.79 Å². The van der Waals surface area contributed by atoms with Crippen molar-refractivity contribution in [2.45, 2.75) is 19.4 Å². The molecule has 1 aliphatic rings. The van der Waals surface area contributed by atoms with Crippen LogP contribution in [0.4, 0.5) is 11.7 Å². The van der Waals surface area contributed by atoms with E-state index in [0.717, 1.165) is 30.6 Å². The zero-order chi connectivity index (χ0) is 13.4. The Morgan fingerprint density at radius 2 is 2.42 bits per heavy atom. The maximum Gasteiger partial charge on any atom is 0.298 e. The molecule has 1 amide bonds. The van der Waals surface area contributed by atoms with Gasteiger partial charge >= 0.3 is 0 Å². The summed E-state index contributed by atoms with van der Waals surface area (Å²) in [5.41, 5.74) is 7.88. The first-order chi connectivity index (χ1) is 9.11. The second kappa shape index (κ2) is 4.46. The molecule has 0 saturated carbocycles. The third kappa shape index (κ3) is 2.33. The van der Waals surface area contributed by atoms with Crippen LogP contribution in [-0.4, -0.2) is 30.0 Å². The topological polar surface area (TPSA) is 84.4 Å². The van der Waals surface area contributed by atoms with Crippen LogP contribution in [0.3, 0.4) is 0 Å². The van der Waals surface area contributed by atoms with Crippen molar-refractivity contribution in [3.05, 3.63) is 18.2 Å². The summed E-state index contributed by atoms with van der Waals surface area (Å²) in [5.74, 6) is -0.00260. The number of nitrogen functional groups attached to an aromatic ring is 1. The van der Waals surface area contributed by atoms with Crippen molar-refractivity contribution in [2.75, 3.05) is 23.7 Å². The Labute approximate surface area is 110 Å². The van der Waals surface area contributed by atoms with Crippen LogP contribution < -0.4 is 16.0 Å². The molecule has 19 heavy (non-hydrogen) atoms. The number of benzene rings is 1. The van der Waals surface area contributed by atoms with E-state index in [1.54, 1.807) is 12.1 Å². The van der Waals surface area contributed by atoms with E-state index in [2.05, 4.69) is 10.3 Å². The predicted octanol–water partition coefficient (Wildman–Crippen LogP) is 1.12. The van der Waals surface area contributed by atoms with Gasteiger partial charge in [-0.05, 0) is 24.6 Å². The number of rotatable bonds is 2. The van der Waals surface area contributed by atoms with Crippen molar-refractivity contribution < 1.29 is 9.21 Å². The smallest absolute Gasteiger partial charge is 0.298 e. The van der Waals surface area contributed by atoms with Crippen LogP contribution in [0.25, 0.3) is 11.1 Å². The molecule has 0 radical (unpaired) electrons. The summed E-state index contributed by atoms with van der Waals surface area (Å²) < 4.78 is 5.71. The van der Waals surface area contributed by atoms with Crippen LogP contribution in [0, 0.1) is 0 Å². The van der Waals surface area contributed by atoms with Gasteiger partial charge < -0.3 is 20.4 Å². The Morgan fingerprint density at radius 1 is 1.58 bits per heavy atom. The molecular formula is C13H16N4O2. The zero-order valence-electron chi connectivity index (χ0n) is 10.7. The first-order valence-electron chi connectivity index (χ1n) is 6.30. The quantitative estimate of drug-likeness (QED) is 0.791. The van der Waals surface area contributed by atoms with Crippen molar-refractivity contribution in [2.24, 2.45) is 0 Å². The van der Waals surface area contributed by atoms with E-state index < -0.39 is 0 Å². The van der Waals surface area contributed by atoms with Gasteiger partial charge in [0.15, 0.2) is 5.58 Å². The average Bonchev–Trinajstić information content (AvgIpc) is 2.93. The van der Waals surface area contributed by atoms with Gasteiger partial charge in [0.2, 0.25) is 5.91 Å². The van der Waals surface area contributed by atoms with Crippen LogP contribution in [0.1, 0.15) is 13.3 Å².